The largest absolute Gasteiger partial charge is 0.497 e. The molecular formula is C30H29NO5. The van der Waals surface area contributed by atoms with Crippen molar-refractivity contribution >= 4 is 33.9 Å². The number of furan rings is 1. The molecule has 0 saturated heterocycles. The Labute approximate surface area is 210 Å². The summed E-state index contributed by atoms with van der Waals surface area (Å²) in [4.78, 5) is 24.3. The Balaban J connectivity index is 1.73. The molecule has 6 heteroatoms. The highest BCUT2D eigenvalue weighted by Crippen LogP contribution is 2.41. The number of carbonyl (C=O) groups is 2. The van der Waals surface area contributed by atoms with E-state index in [0.29, 0.717) is 23.6 Å². The van der Waals surface area contributed by atoms with Crippen LogP contribution in [0.15, 0.2) is 71.4 Å². The fourth-order valence-electron chi connectivity index (χ4n) is 4.19. The van der Waals surface area contributed by atoms with Gasteiger partial charge < -0.3 is 19.2 Å². The highest BCUT2D eigenvalue weighted by Gasteiger charge is 2.19. The summed E-state index contributed by atoms with van der Waals surface area (Å²) in [6.45, 7) is 7.75. The summed E-state index contributed by atoms with van der Waals surface area (Å²) in [6, 6.07) is 16.6. The maximum atomic E-state index is 12.8. The first-order valence-electron chi connectivity index (χ1n) is 11.7. The van der Waals surface area contributed by atoms with Gasteiger partial charge in [0.25, 0.3) is 0 Å². The molecule has 0 spiro atoms. The smallest absolute Gasteiger partial charge is 0.248 e. The van der Waals surface area contributed by atoms with Gasteiger partial charge in [0, 0.05) is 39.4 Å². The predicted molar refractivity (Wildman–Crippen MR) is 143 cm³/mol. The van der Waals surface area contributed by atoms with Gasteiger partial charge in [-0.15, -0.1) is 0 Å². The highest BCUT2D eigenvalue weighted by atomic mass is 16.5. The molecule has 0 unspecified atom stereocenters. The van der Waals surface area contributed by atoms with Crippen LogP contribution in [-0.2, 0) is 4.79 Å². The van der Waals surface area contributed by atoms with Crippen molar-refractivity contribution in [3.05, 3.63) is 83.6 Å². The summed E-state index contributed by atoms with van der Waals surface area (Å²) < 4.78 is 17.4. The van der Waals surface area contributed by atoms with Crippen LogP contribution in [-0.4, -0.2) is 25.4 Å². The first-order chi connectivity index (χ1) is 17.3. The second-order valence-electron chi connectivity index (χ2n) is 8.52. The van der Waals surface area contributed by atoms with Gasteiger partial charge in [-0.1, -0.05) is 12.1 Å². The second-order valence-corrected chi connectivity index (χ2v) is 8.52. The van der Waals surface area contributed by atoms with Crippen LogP contribution in [0.1, 0.15) is 42.3 Å². The topological polar surface area (TPSA) is 77.8 Å². The SMILES string of the molecule is CCOc1c(/C(C)=C/C(=O)Nc2ccc(C(C)=O)cc2)cc2c(-c3cccc(OC)c3)coc2c1C. The van der Waals surface area contributed by atoms with E-state index in [-0.39, 0.29) is 11.7 Å². The Kier molecular flexibility index (Phi) is 7.25. The van der Waals surface area contributed by atoms with Crippen molar-refractivity contribution in [2.45, 2.75) is 27.7 Å². The number of fused-ring (bicyclic) bond motifs is 1. The van der Waals surface area contributed by atoms with Gasteiger partial charge in [-0.05, 0) is 81.3 Å². The average Bonchev–Trinajstić information content (AvgIpc) is 3.30. The summed E-state index contributed by atoms with van der Waals surface area (Å²) in [7, 11) is 1.64. The van der Waals surface area contributed by atoms with E-state index < -0.39 is 0 Å². The van der Waals surface area contributed by atoms with Gasteiger partial charge in [0.1, 0.15) is 17.1 Å². The van der Waals surface area contributed by atoms with Crippen molar-refractivity contribution in [3.63, 3.8) is 0 Å². The van der Waals surface area contributed by atoms with Gasteiger partial charge >= 0.3 is 0 Å². The maximum Gasteiger partial charge on any atom is 0.248 e. The summed E-state index contributed by atoms with van der Waals surface area (Å²) >= 11 is 0. The number of carbonyl (C=O) groups excluding carboxylic acids is 2. The molecule has 0 radical (unpaired) electrons. The second kappa shape index (κ2) is 10.5. The molecule has 4 rings (SSSR count). The molecule has 0 aliphatic carbocycles. The average molecular weight is 484 g/mol. The Morgan fingerprint density at radius 3 is 2.47 bits per heavy atom. The van der Waals surface area contributed by atoms with Crippen molar-refractivity contribution in [1.82, 2.24) is 0 Å². The molecule has 184 valence electrons. The van der Waals surface area contributed by atoms with E-state index in [1.165, 1.54) is 6.92 Å². The van der Waals surface area contributed by atoms with Crippen LogP contribution >= 0.6 is 0 Å². The van der Waals surface area contributed by atoms with E-state index in [4.69, 9.17) is 13.9 Å². The van der Waals surface area contributed by atoms with Crippen LogP contribution in [0, 0.1) is 6.92 Å². The number of ether oxygens (including phenoxy) is 2. The van der Waals surface area contributed by atoms with Crippen LogP contribution in [0.2, 0.25) is 0 Å². The number of anilines is 1. The molecule has 4 aromatic rings. The molecule has 1 amide bonds. The van der Waals surface area contributed by atoms with Gasteiger partial charge in [0.05, 0.1) is 20.0 Å². The van der Waals surface area contributed by atoms with Gasteiger partial charge in [-0.25, -0.2) is 0 Å². The highest BCUT2D eigenvalue weighted by molar-refractivity contribution is 6.06. The van der Waals surface area contributed by atoms with Crippen LogP contribution in [0.4, 0.5) is 5.69 Å². The van der Waals surface area contributed by atoms with E-state index >= 15 is 0 Å². The summed E-state index contributed by atoms with van der Waals surface area (Å²) in [5.74, 6) is 1.14. The lowest BCUT2D eigenvalue weighted by Gasteiger charge is -2.15. The zero-order valence-corrected chi connectivity index (χ0v) is 21.1. The normalized spacial score (nSPS) is 11.4. The van der Waals surface area contributed by atoms with Gasteiger partial charge in [-0.3, -0.25) is 9.59 Å². The van der Waals surface area contributed by atoms with Crippen LogP contribution in [0.25, 0.3) is 27.7 Å². The fourth-order valence-corrected chi connectivity index (χ4v) is 4.19. The van der Waals surface area contributed by atoms with Crippen molar-refractivity contribution in [2.24, 2.45) is 0 Å². The quantitative estimate of drug-likeness (QED) is 0.214. The molecule has 0 aliphatic heterocycles. The first kappa shape index (κ1) is 24.8. The lowest BCUT2D eigenvalue weighted by atomic mass is 9.96. The number of aryl methyl sites for hydroxylation is 1. The molecule has 0 bridgehead atoms. The van der Waals surface area contributed by atoms with Gasteiger partial charge in [0.2, 0.25) is 5.91 Å². The van der Waals surface area contributed by atoms with E-state index in [1.54, 1.807) is 43.7 Å². The first-order valence-corrected chi connectivity index (χ1v) is 11.7. The van der Waals surface area contributed by atoms with E-state index in [1.807, 2.05) is 51.1 Å². The molecular weight excluding hydrogens is 454 g/mol. The van der Waals surface area contributed by atoms with E-state index in [2.05, 4.69) is 5.32 Å². The number of hydrogen-bond donors (Lipinski definition) is 1. The number of rotatable bonds is 8. The zero-order valence-electron chi connectivity index (χ0n) is 21.1. The van der Waals surface area contributed by atoms with Crippen molar-refractivity contribution < 1.29 is 23.5 Å². The number of amides is 1. The number of nitrogens with one attached hydrogen (secondary N) is 1. The molecule has 36 heavy (non-hydrogen) atoms. The number of ketones is 1. The number of methoxy groups -OCH3 is 1. The number of hydrogen-bond acceptors (Lipinski definition) is 5. The number of allylic oxidation sites excluding steroid dienone is 1. The van der Waals surface area contributed by atoms with Crippen molar-refractivity contribution in [3.8, 4) is 22.6 Å². The van der Waals surface area contributed by atoms with Crippen LogP contribution in [0.3, 0.4) is 0 Å². The Bertz CT molecular complexity index is 1460. The zero-order chi connectivity index (χ0) is 25.8. The monoisotopic (exact) mass is 483 g/mol. The summed E-state index contributed by atoms with van der Waals surface area (Å²) in [5, 5.41) is 3.78. The number of Topliss-reactive ketones (excluding diaryl/α,β-unsaturated/α-hetero) is 1. The van der Waals surface area contributed by atoms with Crippen LogP contribution < -0.4 is 14.8 Å². The minimum atomic E-state index is -0.275. The van der Waals surface area contributed by atoms with Crippen molar-refractivity contribution in [2.75, 3.05) is 19.0 Å². The molecule has 1 heterocycles. The third-order valence-electron chi connectivity index (χ3n) is 6.04. The molecule has 1 N–H and O–H groups in total. The van der Waals surface area contributed by atoms with E-state index in [0.717, 1.165) is 44.5 Å². The molecule has 0 fully saturated rings. The molecule has 3 aromatic carbocycles. The third-order valence-corrected chi connectivity index (χ3v) is 6.04. The molecule has 0 aliphatic rings. The lowest BCUT2D eigenvalue weighted by Crippen LogP contribution is -2.09. The third kappa shape index (κ3) is 5.03. The minimum Gasteiger partial charge on any atom is -0.497 e. The standard InChI is InChI=1S/C30H29NO5/c1-6-35-29-19(3)30-26(27(17-36-30)22-8-7-9-24(15-22)34-5)16-25(29)18(2)14-28(33)31-23-12-10-21(11-13-23)20(4)32/h7-17H,6H2,1-5H3,(H,31,33)/b18-14+. The predicted octanol–water partition coefficient (Wildman–Crippen LogP) is 7.06. The molecule has 0 atom stereocenters. The lowest BCUT2D eigenvalue weighted by molar-refractivity contribution is -0.111. The molecule has 1 aromatic heterocycles. The van der Waals surface area contributed by atoms with Gasteiger partial charge in [-0.2, -0.15) is 0 Å². The Hall–Kier alpha value is -4.32. The van der Waals surface area contributed by atoms with Crippen LogP contribution in [0.5, 0.6) is 11.5 Å². The van der Waals surface area contributed by atoms with Gasteiger partial charge in [0.15, 0.2) is 5.78 Å². The Morgan fingerprint density at radius 2 is 1.81 bits per heavy atom. The maximum absolute atomic E-state index is 12.8. The van der Waals surface area contributed by atoms with Crippen molar-refractivity contribution in [1.29, 1.82) is 0 Å². The fraction of sp³-hybridized carbons (Fsp3) is 0.200. The minimum absolute atomic E-state index is 0.0228. The molecule has 6 nitrogen and oxygen atoms in total. The summed E-state index contributed by atoms with van der Waals surface area (Å²) in [6.07, 6.45) is 3.29. The van der Waals surface area contributed by atoms with E-state index in [9.17, 15) is 9.59 Å². The molecule has 0 saturated carbocycles. The Morgan fingerprint density at radius 1 is 1.06 bits per heavy atom. The summed E-state index contributed by atoms with van der Waals surface area (Å²) in [5.41, 5.74) is 6.27. The number of benzene rings is 3.